The summed E-state index contributed by atoms with van der Waals surface area (Å²) in [5, 5.41) is 0. The first-order chi connectivity index (χ1) is 11.5. The molecule has 0 nitrogen and oxygen atoms in total. The minimum absolute atomic E-state index is 0.168. The Balaban J connectivity index is 1.77. The fourth-order valence-electron chi connectivity index (χ4n) is 3.01. The molecule has 0 atom stereocenters. The maximum atomic E-state index is 14.0. The molecule has 122 valence electrons. The monoisotopic (exact) mass is 382 g/mol. The zero-order valence-electron chi connectivity index (χ0n) is 13.9. The van der Waals surface area contributed by atoms with Gasteiger partial charge in [0.25, 0.3) is 0 Å². The van der Waals surface area contributed by atoms with Crippen LogP contribution in [-0.2, 0) is 12.8 Å². The third-order valence-corrected chi connectivity index (χ3v) is 5.27. The van der Waals surface area contributed by atoms with Crippen molar-refractivity contribution < 1.29 is 4.39 Å². The van der Waals surface area contributed by atoms with Crippen LogP contribution in [0, 0.1) is 19.7 Å². The molecular formula is C22H20BrF. The van der Waals surface area contributed by atoms with Crippen molar-refractivity contribution in [2.24, 2.45) is 0 Å². The maximum Gasteiger partial charge on any atom is 0.131 e. The maximum absolute atomic E-state index is 14.0. The first-order valence-corrected chi connectivity index (χ1v) is 8.93. The van der Waals surface area contributed by atoms with Gasteiger partial charge in [0.1, 0.15) is 5.82 Å². The van der Waals surface area contributed by atoms with Crippen LogP contribution >= 0.6 is 15.9 Å². The minimum Gasteiger partial charge on any atom is -0.206 e. The first kappa shape index (κ1) is 16.9. The van der Waals surface area contributed by atoms with Crippen molar-refractivity contribution in [1.29, 1.82) is 0 Å². The van der Waals surface area contributed by atoms with E-state index < -0.39 is 0 Å². The number of hydrogen-bond donors (Lipinski definition) is 0. The molecule has 0 aromatic heterocycles. The molecule has 3 rings (SSSR count). The van der Waals surface area contributed by atoms with Gasteiger partial charge in [-0.15, -0.1) is 0 Å². The third kappa shape index (κ3) is 3.76. The van der Waals surface area contributed by atoms with Gasteiger partial charge in [0.2, 0.25) is 0 Å². The van der Waals surface area contributed by atoms with Gasteiger partial charge in [0, 0.05) is 10.0 Å². The van der Waals surface area contributed by atoms with Gasteiger partial charge in [0.15, 0.2) is 0 Å². The van der Waals surface area contributed by atoms with Crippen molar-refractivity contribution in [3.63, 3.8) is 0 Å². The van der Waals surface area contributed by atoms with Gasteiger partial charge in [0.05, 0.1) is 0 Å². The summed E-state index contributed by atoms with van der Waals surface area (Å²) in [7, 11) is 0. The average Bonchev–Trinajstić information content (AvgIpc) is 2.57. The Labute approximate surface area is 151 Å². The molecule has 3 aromatic carbocycles. The molecule has 0 heterocycles. The van der Waals surface area contributed by atoms with Crippen LogP contribution in [0.1, 0.15) is 22.3 Å². The molecule has 0 N–H and O–H groups in total. The summed E-state index contributed by atoms with van der Waals surface area (Å²) < 4.78 is 15.1. The molecule has 3 aromatic rings. The van der Waals surface area contributed by atoms with Crippen molar-refractivity contribution in [3.05, 3.63) is 93.2 Å². The van der Waals surface area contributed by atoms with E-state index in [-0.39, 0.29) is 5.82 Å². The molecule has 24 heavy (non-hydrogen) atoms. The molecule has 0 radical (unpaired) electrons. The second-order valence-electron chi connectivity index (χ2n) is 6.21. The first-order valence-electron chi connectivity index (χ1n) is 8.14. The van der Waals surface area contributed by atoms with Crippen LogP contribution in [-0.4, -0.2) is 0 Å². The normalized spacial score (nSPS) is 10.8. The quantitative estimate of drug-likeness (QED) is 0.473. The van der Waals surface area contributed by atoms with Gasteiger partial charge in [-0.3, -0.25) is 0 Å². The number of hydrogen-bond acceptors (Lipinski definition) is 0. The van der Waals surface area contributed by atoms with E-state index in [1.54, 1.807) is 6.07 Å². The van der Waals surface area contributed by atoms with Gasteiger partial charge >= 0.3 is 0 Å². The van der Waals surface area contributed by atoms with E-state index >= 15 is 0 Å². The molecular weight excluding hydrogens is 363 g/mol. The minimum atomic E-state index is -0.168. The third-order valence-electron chi connectivity index (χ3n) is 4.38. The number of halogens is 2. The summed E-state index contributed by atoms with van der Waals surface area (Å²) in [6.07, 6.45) is 1.99. The molecule has 0 aliphatic heterocycles. The Bertz CT molecular complexity index is 868. The van der Waals surface area contributed by atoms with Crippen molar-refractivity contribution in [1.82, 2.24) is 0 Å². The molecule has 0 bridgehead atoms. The lowest BCUT2D eigenvalue weighted by Crippen LogP contribution is -1.95. The SMILES string of the molecule is Cc1cc(CCc2ccc(-c3ccccc3F)c(C)c2)ccc1Br. The van der Waals surface area contributed by atoms with Gasteiger partial charge in [-0.25, -0.2) is 4.39 Å². The van der Waals surface area contributed by atoms with Crippen molar-refractivity contribution in [3.8, 4) is 11.1 Å². The molecule has 0 saturated carbocycles. The van der Waals surface area contributed by atoms with Crippen LogP contribution in [0.5, 0.6) is 0 Å². The van der Waals surface area contributed by atoms with Crippen LogP contribution in [0.3, 0.4) is 0 Å². The van der Waals surface area contributed by atoms with Gasteiger partial charge in [-0.05, 0) is 66.6 Å². The highest BCUT2D eigenvalue weighted by Gasteiger charge is 2.08. The summed E-state index contributed by atoms with van der Waals surface area (Å²) in [5.41, 5.74) is 6.64. The zero-order chi connectivity index (χ0) is 17.1. The highest BCUT2D eigenvalue weighted by Crippen LogP contribution is 2.27. The van der Waals surface area contributed by atoms with E-state index in [9.17, 15) is 4.39 Å². The fraction of sp³-hybridized carbons (Fsp3) is 0.182. The van der Waals surface area contributed by atoms with E-state index in [1.165, 1.54) is 22.8 Å². The highest BCUT2D eigenvalue weighted by atomic mass is 79.9. The van der Waals surface area contributed by atoms with Crippen molar-refractivity contribution in [2.75, 3.05) is 0 Å². The van der Waals surface area contributed by atoms with Crippen LogP contribution in [0.15, 0.2) is 65.1 Å². The average molecular weight is 383 g/mol. The Hall–Kier alpha value is -1.93. The summed E-state index contributed by atoms with van der Waals surface area (Å²) >= 11 is 3.54. The van der Waals surface area contributed by atoms with E-state index in [1.807, 2.05) is 18.2 Å². The fourth-order valence-corrected chi connectivity index (χ4v) is 3.26. The van der Waals surface area contributed by atoms with Crippen LogP contribution in [0.2, 0.25) is 0 Å². The lowest BCUT2D eigenvalue weighted by atomic mass is 9.95. The Morgan fingerprint density at radius 3 is 2.00 bits per heavy atom. The lowest BCUT2D eigenvalue weighted by Gasteiger charge is -2.10. The molecule has 2 heteroatoms. The number of rotatable bonds is 4. The summed E-state index contributed by atoms with van der Waals surface area (Å²) in [6, 6.07) is 19.8. The summed E-state index contributed by atoms with van der Waals surface area (Å²) in [6.45, 7) is 4.16. The molecule has 0 aliphatic carbocycles. The molecule has 0 unspecified atom stereocenters. The van der Waals surface area contributed by atoms with Gasteiger partial charge in [-0.2, -0.15) is 0 Å². The van der Waals surface area contributed by atoms with E-state index in [2.05, 4.69) is 60.1 Å². The Kier molecular flexibility index (Phi) is 5.15. The predicted molar refractivity (Wildman–Crippen MR) is 103 cm³/mol. The highest BCUT2D eigenvalue weighted by molar-refractivity contribution is 9.10. The molecule has 0 aliphatic rings. The predicted octanol–water partition coefficient (Wildman–Crippen LogP) is 6.66. The summed E-state index contributed by atoms with van der Waals surface area (Å²) in [5.74, 6) is -0.168. The van der Waals surface area contributed by atoms with E-state index in [4.69, 9.17) is 0 Å². The van der Waals surface area contributed by atoms with Crippen LogP contribution in [0.25, 0.3) is 11.1 Å². The number of aryl methyl sites for hydroxylation is 4. The van der Waals surface area contributed by atoms with Crippen LogP contribution < -0.4 is 0 Å². The largest absolute Gasteiger partial charge is 0.206 e. The Morgan fingerprint density at radius 1 is 0.750 bits per heavy atom. The molecule has 0 spiro atoms. The van der Waals surface area contributed by atoms with E-state index in [0.29, 0.717) is 5.56 Å². The van der Waals surface area contributed by atoms with E-state index in [0.717, 1.165) is 28.4 Å². The van der Waals surface area contributed by atoms with Crippen molar-refractivity contribution >= 4 is 15.9 Å². The second kappa shape index (κ2) is 7.31. The Morgan fingerprint density at radius 2 is 1.38 bits per heavy atom. The molecule has 0 saturated heterocycles. The zero-order valence-corrected chi connectivity index (χ0v) is 15.5. The standard InChI is InChI=1S/C22H20BrF/c1-15-13-17(7-8-18-10-12-21(23)16(2)14-18)9-11-19(15)20-5-3-4-6-22(20)24/h3-6,9-14H,7-8H2,1-2H3. The van der Waals surface area contributed by atoms with Crippen molar-refractivity contribution in [2.45, 2.75) is 26.7 Å². The lowest BCUT2D eigenvalue weighted by molar-refractivity contribution is 0.631. The van der Waals surface area contributed by atoms with Crippen LogP contribution in [0.4, 0.5) is 4.39 Å². The summed E-state index contributed by atoms with van der Waals surface area (Å²) in [4.78, 5) is 0. The van der Waals surface area contributed by atoms with Gasteiger partial charge in [-0.1, -0.05) is 64.5 Å². The van der Waals surface area contributed by atoms with Gasteiger partial charge < -0.3 is 0 Å². The molecule has 0 amide bonds. The smallest absolute Gasteiger partial charge is 0.131 e. The number of benzene rings is 3. The topological polar surface area (TPSA) is 0 Å². The molecule has 0 fully saturated rings. The second-order valence-corrected chi connectivity index (χ2v) is 7.07.